The van der Waals surface area contributed by atoms with Crippen LogP contribution in [0.4, 0.5) is 0 Å². The van der Waals surface area contributed by atoms with Gasteiger partial charge >= 0.3 is 0 Å². The minimum Gasteiger partial charge on any atom is -0.343 e. The van der Waals surface area contributed by atoms with Crippen LogP contribution in [0.15, 0.2) is 84.9 Å². The number of nitrogens with zero attached hydrogens (tertiary/aromatic N) is 4. The first-order valence-corrected chi connectivity index (χ1v) is 16.8. The molecule has 3 aromatic heterocycles. The van der Waals surface area contributed by atoms with Crippen LogP contribution in [-0.4, -0.2) is 19.1 Å². The van der Waals surface area contributed by atoms with Crippen molar-refractivity contribution in [1.82, 2.24) is 19.1 Å². The Hall–Kier alpha value is -4.99. The van der Waals surface area contributed by atoms with Crippen molar-refractivity contribution in [3.05, 3.63) is 118 Å². The van der Waals surface area contributed by atoms with Crippen LogP contribution in [0.3, 0.4) is 0 Å². The number of fused-ring (bicyclic) bond motifs is 20. The van der Waals surface area contributed by atoms with Crippen molar-refractivity contribution in [2.75, 3.05) is 0 Å². The maximum absolute atomic E-state index is 5.61. The van der Waals surface area contributed by atoms with E-state index < -0.39 is 0 Å². The Labute approximate surface area is 297 Å². The molecule has 4 nitrogen and oxygen atoms in total. The van der Waals surface area contributed by atoms with Gasteiger partial charge in [0.25, 0.3) is 0 Å². The molecule has 0 radical (unpaired) electrons. The molecule has 5 heterocycles. The number of aromatic nitrogens is 4. The zero-order valence-corrected chi connectivity index (χ0v) is 30.2. The molecule has 0 saturated carbocycles. The number of hydrogen-bond donors (Lipinski definition) is 0. The molecule has 9 rings (SSSR count). The van der Waals surface area contributed by atoms with E-state index in [-0.39, 0.29) is 16.5 Å². The molecule has 7 aromatic rings. The summed E-state index contributed by atoms with van der Waals surface area (Å²) < 4.78 is 4.77. The summed E-state index contributed by atoms with van der Waals surface area (Å²) in [4.78, 5) is 11.1. The maximum atomic E-state index is 5.61. The minimum atomic E-state index is 0. The minimum absolute atomic E-state index is 0. The molecule has 244 valence electrons. The normalized spacial score (nSPS) is 11.9. The molecule has 0 spiro atoms. The predicted molar refractivity (Wildman–Crippen MR) is 203 cm³/mol. The van der Waals surface area contributed by atoms with Gasteiger partial charge in [-0.05, 0) is 74.9 Å². The van der Waals surface area contributed by atoms with Crippen LogP contribution in [-0.2, 0) is 30.6 Å². The summed E-state index contributed by atoms with van der Waals surface area (Å²) in [6.45, 7) is 13.5. The van der Waals surface area contributed by atoms with Crippen LogP contribution < -0.4 is 0 Å². The molecule has 0 amide bonds. The van der Waals surface area contributed by atoms with Crippen LogP contribution >= 0.6 is 0 Å². The van der Waals surface area contributed by atoms with Crippen LogP contribution in [0, 0.1) is 41.5 Å². The van der Waals surface area contributed by atoms with Gasteiger partial charge in [-0.15, -0.1) is 0 Å². The van der Waals surface area contributed by atoms with Gasteiger partial charge in [-0.2, -0.15) is 0 Å². The van der Waals surface area contributed by atoms with E-state index >= 15 is 0 Å². The van der Waals surface area contributed by atoms with Crippen molar-refractivity contribution in [2.45, 2.75) is 41.5 Å². The van der Waals surface area contributed by atoms with Gasteiger partial charge in [-0.25, -0.2) is 9.97 Å². The Kier molecular flexibility index (Phi) is 7.04. The van der Waals surface area contributed by atoms with E-state index in [0.717, 1.165) is 22.8 Å². The van der Waals surface area contributed by atoms with E-state index in [1.165, 1.54) is 99.2 Å². The molecule has 0 fully saturated rings. The number of aryl methyl sites for hydroxylation is 7. The predicted octanol–water partition coefficient (Wildman–Crippen LogP) is 11.2. The van der Waals surface area contributed by atoms with Gasteiger partial charge in [-0.3, -0.25) is 0 Å². The average Bonchev–Trinajstić information content (AvgIpc) is 3.82. The van der Waals surface area contributed by atoms with Crippen LogP contribution in [0.25, 0.3) is 88.6 Å². The standard InChI is InChI=1S/C44H38N4.Ni/c1-23-21-22-35-36(24(23)2)40-28(6)44-34-20-14-13-19-33(34)42(48(44)8)26(4)38-30-16-10-9-15-29(30)37(45-38)25(3)41-31-17-11-12-18-32(31)43(47(41)7)27(5)39(35)46-40;/h9-22H,1-8H3;. The third kappa shape index (κ3) is 4.09. The Morgan fingerprint density at radius 1 is 0.388 bits per heavy atom. The summed E-state index contributed by atoms with van der Waals surface area (Å²) in [6.07, 6.45) is 0. The molecular weight excluding hydrogens is 643 g/mol. The van der Waals surface area contributed by atoms with Crippen molar-refractivity contribution < 1.29 is 16.5 Å². The van der Waals surface area contributed by atoms with Gasteiger partial charge in [0.1, 0.15) is 0 Å². The second-order valence-corrected chi connectivity index (χ2v) is 13.7. The first kappa shape index (κ1) is 31.3. The maximum Gasteiger partial charge on any atom is 0.0769 e. The van der Waals surface area contributed by atoms with Gasteiger partial charge < -0.3 is 9.13 Å². The summed E-state index contributed by atoms with van der Waals surface area (Å²) in [7, 11) is 4.42. The average molecular weight is 682 g/mol. The molecule has 4 aromatic carbocycles. The van der Waals surface area contributed by atoms with Gasteiger partial charge in [0.2, 0.25) is 0 Å². The van der Waals surface area contributed by atoms with Gasteiger partial charge in [0, 0.05) is 74.4 Å². The van der Waals surface area contributed by atoms with E-state index in [9.17, 15) is 0 Å². The molecule has 2 aliphatic rings. The second kappa shape index (κ2) is 11.0. The molecule has 0 atom stereocenters. The number of benzene rings is 4. The van der Waals surface area contributed by atoms with Crippen LogP contribution in [0.1, 0.15) is 33.4 Å². The molecule has 0 aliphatic carbocycles. The second-order valence-electron chi connectivity index (χ2n) is 13.7. The fourth-order valence-corrected chi connectivity index (χ4v) is 8.80. The fourth-order valence-electron chi connectivity index (χ4n) is 8.80. The Balaban J connectivity index is 0.00000348. The fraction of sp³-hybridized carbons (Fsp3) is 0.182. The van der Waals surface area contributed by atoms with Gasteiger partial charge in [-0.1, -0.05) is 84.9 Å². The largest absolute Gasteiger partial charge is 0.343 e. The molecule has 8 bridgehead atoms. The van der Waals surface area contributed by atoms with Crippen molar-refractivity contribution in [2.24, 2.45) is 14.1 Å². The van der Waals surface area contributed by atoms with Crippen LogP contribution in [0.5, 0.6) is 0 Å². The summed E-state index contributed by atoms with van der Waals surface area (Å²) >= 11 is 0. The van der Waals surface area contributed by atoms with Crippen molar-refractivity contribution in [1.29, 1.82) is 0 Å². The molecule has 5 heteroatoms. The topological polar surface area (TPSA) is 35.6 Å². The molecular formula is C44H38N4Ni. The smallest absolute Gasteiger partial charge is 0.0769 e. The number of hydrogen-bond acceptors (Lipinski definition) is 2. The molecule has 0 N–H and O–H groups in total. The van der Waals surface area contributed by atoms with Crippen molar-refractivity contribution in [3.8, 4) is 45.0 Å². The van der Waals surface area contributed by atoms with E-state index in [1.54, 1.807) is 0 Å². The molecule has 0 unspecified atom stereocenters. The van der Waals surface area contributed by atoms with Crippen molar-refractivity contribution in [3.63, 3.8) is 0 Å². The monoisotopic (exact) mass is 680 g/mol. The SMILES string of the molecule is Cc1ccc2c(c1C)-c1nc-2c(C)c2c3ccccc3c(c(C)c3nc(c(C)c4c5ccccc5c(c1C)n4C)-c1ccccc1-3)n2C.[Ni]. The third-order valence-electron chi connectivity index (χ3n) is 11.2. The van der Waals surface area contributed by atoms with E-state index in [0.29, 0.717) is 0 Å². The van der Waals surface area contributed by atoms with Crippen LogP contribution in [0.2, 0.25) is 0 Å². The first-order chi connectivity index (χ1) is 23.2. The van der Waals surface area contributed by atoms with E-state index in [4.69, 9.17) is 9.97 Å². The van der Waals surface area contributed by atoms with Crippen molar-refractivity contribution >= 4 is 43.6 Å². The molecule has 49 heavy (non-hydrogen) atoms. The van der Waals surface area contributed by atoms with E-state index in [2.05, 4.69) is 150 Å². The zero-order chi connectivity index (χ0) is 33.2. The summed E-state index contributed by atoms with van der Waals surface area (Å²) in [5.74, 6) is 0. The molecule has 0 saturated heterocycles. The number of rotatable bonds is 0. The Bertz CT molecular complexity index is 2750. The molecule has 2 aliphatic heterocycles. The Morgan fingerprint density at radius 3 is 1.16 bits per heavy atom. The summed E-state index contributed by atoms with van der Waals surface area (Å²) in [5.41, 5.74) is 21.0. The summed E-state index contributed by atoms with van der Waals surface area (Å²) in [6, 6.07) is 30.9. The summed E-state index contributed by atoms with van der Waals surface area (Å²) in [5, 5.41) is 4.93. The zero-order valence-electron chi connectivity index (χ0n) is 29.2. The van der Waals surface area contributed by atoms with E-state index in [1.807, 2.05) is 0 Å². The Morgan fingerprint density at radius 2 is 0.735 bits per heavy atom. The first-order valence-electron chi connectivity index (χ1n) is 16.8. The van der Waals surface area contributed by atoms with Gasteiger partial charge in [0.15, 0.2) is 0 Å². The van der Waals surface area contributed by atoms with Gasteiger partial charge in [0.05, 0.1) is 44.8 Å². The third-order valence-corrected chi connectivity index (χ3v) is 11.2. The quantitative estimate of drug-likeness (QED) is 0.149.